The third-order valence-corrected chi connectivity index (χ3v) is 7.83. The average Bonchev–Trinajstić information content (AvgIpc) is 3.59. The third-order valence-electron chi connectivity index (χ3n) is 7.83. The molecule has 8 rings (SSSR count). The molecule has 5 aromatic rings. The number of nitrogens with zero attached hydrogens (tertiary/aromatic N) is 9. The summed E-state index contributed by atoms with van der Waals surface area (Å²) in [6.07, 6.45) is 9.59. The molecular formula is C30H32N10. The van der Waals surface area contributed by atoms with E-state index in [1.54, 1.807) is 0 Å². The topological polar surface area (TPSA) is 105 Å². The largest absolute Gasteiger partial charge is 0.353 e. The first-order valence-electron chi connectivity index (χ1n) is 13.8. The summed E-state index contributed by atoms with van der Waals surface area (Å²) >= 11 is 0. The zero-order valence-electron chi connectivity index (χ0n) is 23.0. The average molecular weight is 533 g/mol. The molecule has 3 aliphatic rings. The van der Waals surface area contributed by atoms with Crippen LogP contribution in [0.5, 0.6) is 0 Å². The van der Waals surface area contributed by atoms with E-state index in [4.69, 9.17) is 15.0 Å². The minimum atomic E-state index is 0.517. The number of rotatable bonds is 7. The van der Waals surface area contributed by atoms with Crippen LogP contribution >= 0.6 is 0 Å². The van der Waals surface area contributed by atoms with Gasteiger partial charge in [0.2, 0.25) is 0 Å². The highest BCUT2D eigenvalue weighted by molar-refractivity contribution is 5.57. The van der Waals surface area contributed by atoms with Crippen LogP contribution < -0.4 is 4.90 Å². The molecule has 202 valence electrons. The van der Waals surface area contributed by atoms with Gasteiger partial charge in [0.1, 0.15) is 5.82 Å². The first-order valence-corrected chi connectivity index (χ1v) is 13.8. The highest BCUT2D eigenvalue weighted by Gasteiger charge is 2.44. The SMILES string of the molecule is Cc1cnn(-c2ccc(CN3C4CC3CN(c3ccc(-c5nc(C)cc(Cc6cc(C)[nH]n6)n5)cn3)C4)nc2)c1. The van der Waals surface area contributed by atoms with Crippen LogP contribution in [0.4, 0.5) is 5.82 Å². The summed E-state index contributed by atoms with van der Waals surface area (Å²) in [7, 11) is 0. The third kappa shape index (κ3) is 4.86. The van der Waals surface area contributed by atoms with E-state index in [2.05, 4.69) is 54.3 Å². The van der Waals surface area contributed by atoms with E-state index in [-0.39, 0.29) is 0 Å². The van der Waals surface area contributed by atoms with Gasteiger partial charge in [-0.25, -0.2) is 19.6 Å². The number of piperidine rings is 1. The van der Waals surface area contributed by atoms with Gasteiger partial charge in [0.05, 0.1) is 35.2 Å². The van der Waals surface area contributed by atoms with Crippen molar-refractivity contribution in [3.05, 3.63) is 95.2 Å². The fourth-order valence-corrected chi connectivity index (χ4v) is 5.83. The highest BCUT2D eigenvalue weighted by Crippen LogP contribution is 2.35. The molecule has 3 aliphatic heterocycles. The maximum absolute atomic E-state index is 4.82. The Balaban J connectivity index is 0.991. The lowest BCUT2D eigenvalue weighted by Gasteiger charge is -2.56. The van der Waals surface area contributed by atoms with Gasteiger partial charge in [-0.1, -0.05) is 0 Å². The second-order valence-electron chi connectivity index (χ2n) is 11.0. The second kappa shape index (κ2) is 9.95. The van der Waals surface area contributed by atoms with Gasteiger partial charge >= 0.3 is 0 Å². The molecule has 40 heavy (non-hydrogen) atoms. The van der Waals surface area contributed by atoms with E-state index < -0.39 is 0 Å². The molecule has 0 amide bonds. The Hall–Kier alpha value is -4.44. The zero-order valence-corrected chi connectivity index (χ0v) is 23.0. The monoisotopic (exact) mass is 532 g/mol. The Morgan fingerprint density at radius 2 is 1.75 bits per heavy atom. The Morgan fingerprint density at radius 3 is 2.42 bits per heavy atom. The van der Waals surface area contributed by atoms with Crippen LogP contribution in [0.3, 0.4) is 0 Å². The molecule has 0 spiro atoms. The number of anilines is 1. The maximum atomic E-state index is 4.82. The van der Waals surface area contributed by atoms with Gasteiger partial charge < -0.3 is 4.90 Å². The summed E-state index contributed by atoms with van der Waals surface area (Å²) < 4.78 is 1.87. The predicted octanol–water partition coefficient (Wildman–Crippen LogP) is 3.82. The fourth-order valence-electron chi connectivity index (χ4n) is 5.83. The van der Waals surface area contributed by atoms with Gasteiger partial charge in [-0.05, 0) is 69.2 Å². The van der Waals surface area contributed by atoms with Crippen molar-refractivity contribution >= 4 is 5.82 Å². The fraction of sp³-hybridized carbons (Fsp3) is 0.333. The van der Waals surface area contributed by atoms with Crippen molar-refractivity contribution in [2.75, 3.05) is 18.0 Å². The molecule has 3 fully saturated rings. The van der Waals surface area contributed by atoms with Crippen LogP contribution in [0.1, 0.15) is 40.5 Å². The van der Waals surface area contributed by atoms with Crippen molar-refractivity contribution in [1.82, 2.24) is 44.8 Å². The standard InChI is InChI=1S/C30H32N10/c1-19-12-33-40(15-19)26-6-5-23(31-14-26)16-39-27-11-28(39)18-38(17-27)29-7-4-22(13-32-29)30-34-20(2)8-24(35-30)10-25-9-21(3)36-37-25/h4-9,12-15,27-28H,10-11,16-18H2,1-3H3,(H,36,37). The molecule has 10 nitrogen and oxygen atoms in total. The lowest BCUT2D eigenvalue weighted by molar-refractivity contribution is -0.00967. The van der Waals surface area contributed by atoms with E-state index in [0.29, 0.717) is 24.3 Å². The minimum absolute atomic E-state index is 0.517. The molecule has 2 bridgehead atoms. The summed E-state index contributed by atoms with van der Waals surface area (Å²) in [5, 5.41) is 11.7. The maximum Gasteiger partial charge on any atom is 0.161 e. The quantitative estimate of drug-likeness (QED) is 0.337. The molecule has 5 aromatic heterocycles. The van der Waals surface area contributed by atoms with Crippen molar-refractivity contribution in [2.45, 2.75) is 52.2 Å². The molecule has 10 heteroatoms. The van der Waals surface area contributed by atoms with E-state index in [1.165, 1.54) is 6.42 Å². The van der Waals surface area contributed by atoms with Gasteiger partial charge in [-0.3, -0.25) is 15.0 Å². The normalized spacial score (nSPS) is 18.6. The van der Waals surface area contributed by atoms with Crippen LogP contribution in [0.25, 0.3) is 17.1 Å². The Bertz CT molecular complexity index is 1620. The van der Waals surface area contributed by atoms with Crippen molar-refractivity contribution in [2.24, 2.45) is 0 Å². The van der Waals surface area contributed by atoms with Crippen molar-refractivity contribution in [1.29, 1.82) is 0 Å². The number of H-pyrrole nitrogens is 1. The first-order chi connectivity index (χ1) is 19.5. The minimum Gasteiger partial charge on any atom is -0.353 e. The summed E-state index contributed by atoms with van der Waals surface area (Å²) in [4.78, 5) is 24.0. The summed E-state index contributed by atoms with van der Waals surface area (Å²) in [5.41, 5.74) is 8.06. The summed E-state index contributed by atoms with van der Waals surface area (Å²) in [6.45, 7) is 8.87. The number of aromatic nitrogens is 8. The lowest BCUT2D eigenvalue weighted by Crippen LogP contribution is -2.68. The van der Waals surface area contributed by atoms with Crippen LogP contribution in [-0.4, -0.2) is 70.0 Å². The van der Waals surface area contributed by atoms with E-state index in [0.717, 1.165) is 70.7 Å². The summed E-state index contributed by atoms with van der Waals surface area (Å²) in [5.74, 6) is 1.71. The number of nitrogens with one attached hydrogen (secondary N) is 1. The number of pyridine rings is 2. The van der Waals surface area contributed by atoms with Gasteiger partial charge in [0.25, 0.3) is 0 Å². The Labute approximate surface area is 233 Å². The second-order valence-corrected chi connectivity index (χ2v) is 11.0. The number of aryl methyl sites for hydroxylation is 3. The van der Waals surface area contributed by atoms with Gasteiger partial charge in [-0.2, -0.15) is 10.2 Å². The van der Waals surface area contributed by atoms with Crippen LogP contribution in [-0.2, 0) is 13.0 Å². The molecule has 2 atom stereocenters. The molecule has 0 aromatic carbocycles. The van der Waals surface area contributed by atoms with Gasteiger partial charge in [-0.15, -0.1) is 0 Å². The van der Waals surface area contributed by atoms with Crippen molar-refractivity contribution < 1.29 is 0 Å². The smallest absolute Gasteiger partial charge is 0.161 e. The molecular weight excluding hydrogens is 500 g/mol. The van der Waals surface area contributed by atoms with Crippen LogP contribution in [0.15, 0.2) is 61.2 Å². The number of aromatic amines is 1. The predicted molar refractivity (Wildman–Crippen MR) is 152 cm³/mol. The van der Waals surface area contributed by atoms with Crippen molar-refractivity contribution in [3.8, 4) is 17.1 Å². The molecule has 0 aliphatic carbocycles. The first kappa shape index (κ1) is 24.6. The molecule has 2 unspecified atom stereocenters. The van der Waals surface area contributed by atoms with E-state index in [9.17, 15) is 0 Å². The van der Waals surface area contributed by atoms with Crippen LogP contribution in [0.2, 0.25) is 0 Å². The molecule has 3 saturated heterocycles. The number of fused-ring (bicyclic) bond motifs is 2. The lowest BCUT2D eigenvalue weighted by atomic mass is 9.87. The van der Waals surface area contributed by atoms with Gasteiger partial charge in [0, 0.05) is 67.5 Å². The highest BCUT2D eigenvalue weighted by atomic mass is 15.4. The number of hydrogen-bond acceptors (Lipinski definition) is 8. The van der Waals surface area contributed by atoms with Crippen molar-refractivity contribution in [3.63, 3.8) is 0 Å². The number of hydrogen-bond donors (Lipinski definition) is 1. The molecule has 1 N–H and O–H groups in total. The molecule has 8 heterocycles. The van der Waals surface area contributed by atoms with E-state index in [1.807, 2.05) is 62.4 Å². The van der Waals surface area contributed by atoms with E-state index >= 15 is 0 Å². The zero-order chi connectivity index (χ0) is 27.2. The number of piperazine rings is 1. The van der Waals surface area contributed by atoms with Crippen LogP contribution in [0, 0.1) is 20.8 Å². The Kier molecular flexibility index (Phi) is 6.11. The molecule has 0 saturated carbocycles. The summed E-state index contributed by atoms with van der Waals surface area (Å²) in [6, 6.07) is 13.5. The Morgan fingerprint density at radius 1 is 0.875 bits per heavy atom. The van der Waals surface area contributed by atoms with Gasteiger partial charge in [0.15, 0.2) is 5.82 Å². The molecule has 0 radical (unpaired) electrons.